The summed E-state index contributed by atoms with van der Waals surface area (Å²) in [5, 5.41) is 3.33. The monoisotopic (exact) mass is 329 g/mol. The van der Waals surface area contributed by atoms with Crippen LogP contribution in [0.3, 0.4) is 0 Å². The van der Waals surface area contributed by atoms with Crippen LogP contribution < -0.4 is 11.1 Å². The molecular weight excluding hydrogens is 306 g/mol. The first-order valence-electron chi connectivity index (χ1n) is 8.55. The van der Waals surface area contributed by atoms with E-state index in [4.69, 9.17) is 0 Å². The fourth-order valence-corrected chi connectivity index (χ4v) is 3.46. The number of benzene rings is 1. The van der Waals surface area contributed by atoms with Gasteiger partial charge in [0.1, 0.15) is 0 Å². The summed E-state index contributed by atoms with van der Waals surface area (Å²) in [6.07, 6.45) is 5.89. The average molecular weight is 329 g/mol. The summed E-state index contributed by atoms with van der Waals surface area (Å²) in [4.78, 5) is 38.7. The summed E-state index contributed by atoms with van der Waals surface area (Å²) < 4.78 is 1.25. The second-order valence-electron chi connectivity index (χ2n) is 6.49. The summed E-state index contributed by atoms with van der Waals surface area (Å²) in [7, 11) is 1.84. The number of carbonyl (C=O) groups excluding carboxylic acids is 1. The Kier molecular flexibility index (Phi) is 4.83. The highest BCUT2D eigenvalue weighted by Gasteiger charge is 2.21. The number of H-pyrrole nitrogens is 1. The van der Waals surface area contributed by atoms with Gasteiger partial charge in [0.15, 0.2) is 0 Å². The lowest BCUT2D eigenvalue weighted by molar-refractivity contribution is -0.132. The molecule has 1 aromatic carbocycles. The van der Waals surface area contributed by atoms with Gasteiger partial charge in [-0.05, 0) is 25.0 Å². The number of nitrogens with one attached hydrogen (secondary N) is 1. The first-order chi connectivity index (χ1) is 11.6. The molecule has 1 fully saturated rings. The number of nitrogens with zero attached hydrogens (tertiary/aromatic N) is 2. The smallest absolute Gasteiger partial charge is 0.273 e. The van der Waals surface area contributed by atoms with E-state index in [0.717, 1.165) is 12.8 Å². The minimum absolute atomic E-state index is 0.0165. The van der Waals surface area contributed by atoms with E-state index in [2.05, 4.69) is 5.10 Å². The quantitative estimate of drug-likeness (QED) is 0.930. The first kappa shape index (κ1) is 16.5. The SMILES string of the molecule is CN(C(=O)CCn1[nH]c(=O)c2ccccc2c1=O)C1CCCCC1. The fraction of sp³-hybridized carbons (Fsp3) is 0.500. The summed E-state index contributed by atoms with van der Waals surface area (Å²) in [5.74, 6) is 0.0165. The normalized spacial score (nSPS) is 15.5. The molecule has 3 rings (SSSR count). The standard InChI is InChI=1S/C18H23N3O3/c1-20(13-7-3-2-4-8-13)16(22)11-12-21-18(24)15-10-6-5-9-14(15)17(23)19-21/h5-6,9-10,13H,2-4,7-8,11-12H2,1H3,(H,19,23). The fourth-order valence-electron chi connectivity index (χ4n) is 3.46. The van der Waals surface area contributed by atoms with Crippen LogP contribution in [0.4, 0.5) is 0 Å². The van der Waals surface area contributed by atoms with Crippen molar-refractivity contribution in [2.45, 2.75) is 51.1 Å². The maximum atomic E-state index is 12.4. The van der Waals surface area contributed by atoms with Gasteiger partial charge in [0.25, 0.3) is 11.1 Å². The Balaban J connectivity index is 1.73. The van der Waals surface area contributed by atoms with Crippen LogP contribution in [0, 0.1) is 0 Å². The van der Waals surface area contributed by atoms with Crippen LogP contribution in [0.25, 0.3) is 10.8 Å². The Morgan fingerprint density at radius 2 is 1.83 bits per heavy atom. The van der Waals surface area contributed by atoms with E-state index in [9.17, 15) is 14.4 Å². The summed E-state index contributed by atoms with van der Waals surface area (Å²) in [5.41, 5.74) is -0.573. The van der Waals surface area contributed by atoms with Gasteiger partial charge >= 0.3 is 0 Å². The molecule has 0 saturated heterocycles. The molecule has 0 radical (unpaired) electrons. The van der Waals surface area contributed by atoms with Crippen molar-refractivity contribution in [2.24, 2.45) is 0 Å². The summed E-state index contributed by atoms with van der Waals surface area (Å²) in [6.45, 7) is 0.189. The Morgan fingerprint density at radius 1 is 1.17 bits per heavy atom. The van der Waals surface area contributed by atoms with Crippen molar-refractivity contribution in [3.05, 3.63) is 45.0 Å². The van der Waals surface area contributed by atoms with Gasteiger partial charge in [0.2, 0.25) is 5.91 Å². The maximum Gasteiger partial charge on any atom is 0.273 e. The highest BCUT2D eigenvalue weighted by molar-refractivity contribution is 5.80. The Labute approximate surface area is 140 Å². The molecule has 6 heteroatoms. The van der Waals surface area contributed by atoms with Crippen molar-refractivity contribution >= 4 is 16.7 Å². The number of fused-ring (bicyclic) bond motifs is 1. The molecule has 1 aliphatic rings. The lowest BCUT2D eigenvalue weighted by Crippen LogP contribution is -2.39. The van der Waals surface area contributed by atoms with E-state index < -0.39 is 0 Å². The van der Waals surface area contributed by atoms with E-state index in [-0.39, 0.29) is 30.0 Å². The van der Waals surface area contributed by atoms with Crippen LogP contribution in [-0.4, -0.2) is 33.7 Å². The molecule has 1 aliphatic carbocycles. The molecule has 2 aromatic rings. The predicted octanol–water partition coefficient (Wildman–Crippen LogP) is 1.87. The molecule has 0 aliphatic heterocycles. The van der Waals surface area contributed by atoms with Gasteiger partial charge in [-0.2, -0.15) is 0 Å². The lowest BCUT2D eigenvalue weighted by atomic mass is 9.94. The average Bonchev–Trinajstić information content (AvgIpc) is 2.63. The van der Waals surface area contributed by atoms with Crippen molar-refractivity contribution in [1.82, 2.24) is 14.7 Å². The number of amides is 1. The van der Waals surface area contributed by atoms with E-state index in [1.54, 1.807) is 24.3 Å². The molecule has 1 heterocycles. The lowest BCUT2D eigenvalue weighted by Gasteiger charge is -2.31. The number of aromatic amines is 1. The van der Waals surface area contributed by atoms with Crippen LogP contribution >= 0.6 is 0 Å². The molecular formula is C18H23N3O3. The third kappa shape index (κ3) is 3.27. The second-order valence-corrected chi connectivity index (χ2v) is 6.49. The predicted molar refractivity (Wildman–Crippen MR) is 93.1 cm³/mol. The zero-order chi connectivity index (χ0) is 17.1. The molecule has 1 saturated carbocycles. The van der Waals surface area contributed by atoms with Gasteiger partial charge in [-0.15, -0.1) is 0 Å². The van der Waals surface area contributed by atoms with Gasteiger partial charge in [-0.3, -0.25) is 19.5 Å². The minimum Gasteiger partial charge on any atom is -0.343 e. The molecule has 1 N–H and O–H groups in total. The molecule has 0 unspecified atom stereocenters. The van der Waals surface area contributed by atoms with E-state index in [1.165, 1.54) is 23.9 Å². The van der Waals surface area contributed by atoms with Crippen LogP contribution in [0.1, 0.15) is 38.5 Å². The van der Waals surface area contributed by atoms with Crippen molar-refractivity contribution in [3.8, 4) is 0 Å². The number of carbonyl (C=O) groups is 1. The number of hydrogen-bond donors (Lipinski definition) is 1. The van der Waals surface area contributed by atoms with Gasteiger partial charge < -0.3 is 4.90 Å². The van der Waals surface area contributed by atoms with Gasteiger partial charge in [0, 0.05) is 19.5 Å². The van der Waals surface area contributed by atoms with E-state index >= 15 is 0 Å². The van der Waals surface area contributed by atoms with E-state index in [1.807, 2.05) is 11.9 Å². The zero-order valence-corrected chi connectivity index (χ0v) is 14.0. The molecule has 0 atom stereocenters. The molecule has 128 valence electrons. The van der Waals surface area contributed by atoms with Crippen LogP contribution in [0.2, 0.25) is 0 Å². The summed E-state index contributed by atoms with van der Waals surface area (Å²) in [6, 6.07) is 7.03. The van der Waals surface area contributed by atoms with Crippen LogP contribution in [-0.2, 0) is 11.3 Å². The second kappa shape index (κ2) is 7.03. The number of aromatic nitrogens is 2. The molecule has 0 spiro atoms. The Bertz CT molecular complexity index is 846. The highest BCUT2D eigenvalue weighted by atomic mass is 16.2. The van der Waals surface area contributed by atoms with Crippen molar-refractivity contribution in [1.29, 1.82) is 0 Å². The van der Waals surface area contributed by atoms with Crippen molar-refractivity contribution in [2.75, 3.05) is 7.05 Å². The zero-order valence-electron chi connectivity index (χ0n) is 14.0. The number of rotatable bonds is 4. The Morgan fingerprint density at radius 3 is 2.54 bits per heavy atom. The van der Waals surface area contributed by atoms with Gasteiger partial charge in [-0.25, -0.2) is 4.68 Å². The molecule has 1 amide bonds. The van der Waals surface area contributed by atoms with Gasteiger partial charge in [0.05, 0.1) is 17.3 Å². The molecule has 6 nitrogen and oxygen atoms in total. The van der Waals surface area contributed by atoms with Crippen LogP contribution in [0.5, 0.6) is 0 Å². The van der Waals surface area contributed by atoms with Crippen molar-refractivity contribution < 1.29 is 4.79 Å². The minimum atomic E-state index is -0.307. The van der Waals surface area contributed by atoms with Gasteiger partial charge in [-0.1, -0.05) is 31.4 Å². The number of aryl methyl sites for hydroxylation is 1. The first-order valence-corrected chi connectivity index (χ1v) is 8.55. The van der Waals surface area contributed by atoms with E-state index in [0.29, 0.717) is 16.8 Å². The van der Waals surface area contributed by atoms with Crippen molar-refractivity contribution in [3.63, 3.8) is 0 Å². The highest BCUT2D eigenvalue weighted by Crippen LogP contribution is 2.22. The Hall–Kier alpha value is -2.37. The topological polar surface area (TPSA) is 75.2 Å². The molecule has 24 heavy (non-hydrogen) atoms. The summed E-state index contributed by atoms with van der Waals surface area (Å²) >= 11 is 0. The maximum absolute atomic E-state index is 12.4. The van der Waals surface area contributed by atoms with Crippen LogP contribution in [0.15, 0.2) is 33.9 Å². The number of hydrogen-bond acceptors (Lipinski definition) is 3. The third-order valence-corrected chi connectivity index (χ3v) is 4.95. The molecule has 0 bridgehead atoms. The molecule has 1 aromatic heterocycles. The largest absolute Gasteiger partial charge is 0.343 e. The third-order valence-electron chi connectivity index (χ3n) is 4.95.